The van der Waals surface area contributed by atoms with Crippen LogP contribution in [0.5, 0.6) is 0 Å². The summed E-state index contributed by atoms with van der Waals surface area (Å²) in [6.07, 6.45) is -10.8. The summed E-state index contributed by atoms with van der Waals surface area (Å²) in [5.74, 6) is -36.7. The minimum Gasteiger partial charge on any atom is -0.466 e. The molecule has 0 saturated carbocycles. The van der Waals surface area contributed by atoms with Crippen molar-refractivity contribution in [3.05, 3.63) is 87.0 Å². The zero-order chi connectivity index (χ0) is 62.7. The van der Waals surface area contributed by atoms with Gasteiger partial charge in [0.1, 0.15) is 5.69 Å². The Hall–Kier alpha value is -5.86. The second kappa shape index (κ2) is 32.4. The third kappa shape index (κ3) is 21.0. The van der Waals surface area contributed by atoms with Crippen LogP contribution in [0.1, 0.15) is 141 Å². The predicted molar refractivity (Wildman–Crippen MR) is 247 cm³/mol. The standard InChI is InChI=1S/C17H10F9NO.C10H9F5.C9H15F3O2.C8H13F3O2.C7H14O2/c1-3-4(2)17(28)27-16-14(25)9(20)6(10(21)15(16)26)5-7(18)11(22)13(24)12(23)8(5)19;1-3-4(2)5-6(11)8(13)10(15)9(14)7(5)12;1-5-8(3,4)7(13)14-6(2)9(10,11)12;1-4-5(2)7(12)13-6(3)8(9,10)11;1-4-6(3)7(8)9-5-2/h4H,3H2,1-2H3,(H,27,28);4H,3H2,1-2H3;6H,5H2,1-4H3;5-6H,4H2,1-3H3;6H,4-5H2,1-3H3. The fourth-order valence-electron chi connectivity index (χ4n) is 4.98. The normalized spacial score (nSPS) is 13.6. The third-order valence-electron chi connectivity index (χ3n) is 11.6. The van der Waals surface area contributed by atoms with E-state index in [4.69, 9.17) is 4.74 Å². The van der Waals surface area contributed by atoms with Crippen LogP contribution < -0.4 is 5.32 Å². The zero-order valence-electron chi connectivity index (χ0n) is 45.1. The van der Waals surface area contributed by atoms with Crippen LogP contribution in [0, 0.1) is 105 Å². The number of amides is 1. The Bertz CT molecular complexity index is 2450. The average molecular weight is 1180 g/mol. The molecule has 3 rings (SSSR count). The Balaban J connectivity index is 0. The van der Waals surface area contributed by atoms with Gasteiger partial charge in [-0.25, -0.2) is 61.5 Å². The number of alkyl halides is 6. The molecule has 6 unspecified atom stereocenters. The lowest BCUT2D eigenvalue weighted by Gasteiger charge is -2.24. The number of ether oxygens (including phenoxy) is 3. The Morgan fingerprint density at radius 2 is 0.747 bits per heavy atom. The molecule has 0 aromatic heterocycles. The monoisotopic (exact) mass is 1180 g/mol. The third-order valence-corrected chi connectivity index (χ3v) is 11.6. The zero-order valence-corrected chi connectivity index (χ0v) is 45.1. The van der Waals surface area contributed by atoms with E-state index in [2.05, 4.69) is 9.47 Å². The van der Waals surface area contributed by atoms with Gasteiger partial charge in [0.05, 0.1) is 35.0 Å². The molecule has 0 aliphatic carbocycles. The molecule has 0 radical (unpaired) electrons. The molecule has 1 N–H and O–H groups in total. The van der Waals surface area contributed by atoms with Gasteiger partial charge in [-0.3, -0.25) is 19.2 Å². The van der Waals surface area contributed by atoms with Gasteiger partial charge in [0.2, 0.25) is 17.5 Å². The summed E-state index contributed by atoms with van der Waals surface area (Å²) in [5, 5.41) is 1.59. The van der Waals surface area contributed by atoms with E-state index in [1.807, 2.05) is 20.8 Å². The van der Waals surface area contributed by atoms with Crippen molar-refractivity contribution >= 4 is 29.5 Å². The lowest BCUT2D eigenvalue weighted by atomic mass is 9.90. The minimum atomic E-state index is -4.49. The molecule has 3 aromatic carbocycles. The quantitative estimate of drug-likeness (QED) is 0.0531. The van der Waals surface area contributed by atoms with Crippen molar-refractivity contribution in [3.63, 3.8) is 0 Å². The fraction of sp³-hybridized carbons (Fsp3) is 0.569. The second-order valence-electron chi connectivity index (χ2n) is 17.9. The molecule has 452 valence electrons. The van der Waals surface area contributed by atoms with Crippen molar-refractivity contribution in [1.29, 1.82) is 0 Å². The highest BCUT2D eigenvalue weighted by Crippen LogP contribution is 2.40. The summed E-state index contributed by atoms with van der Waals surface area (Å²) in [6.45, 7) is 21.7. The summed E-state index contributed by atoms with van der Waals surface area (Å²) in [6, 6.07) is 0. The van der Waals surface area contributed by atoms with E-state index in [0.717, 1.165) is 20.3 Å². The molecule has 0 aliphatic rings. The summed E-state index contributed by atoms with van der Waals surface area (Å²) < 4.78 is 273. The highest BCUT2D eigenvalue weighted by atomic mass is 19.4. The van der Waals surface area contributed by atoms with Crippen molar-refractivity contribution in [2.75, 3.05) is 11.9 Å². The first kappa shape index (κ1) is 75.2. The van der Waals surface area contributed by atoms with Crippen molar-refractivity contribution in [2.24, 2.45) is 23.2 Å². The number of anilines is 1. The predicted octanol–water partition coefficient (Wildman–Crippen LogP) is 16.5. The van der Waals surface area contributed by atoms with Gasteiger partial charge in [0.15, 0.2) is 82.0 Å². The van der Waals surface area contributed by atoms with Crippen molar-refractivity contribution < 1.29 is 121 Å². The molecule has 0 spiro atoms. The van der Waals surface area contributed by atoms with E-state index in [1.165, 1.54) is 27.7 Å². The van der Waals surface area contributed by atoms with Crippen molar-refractivity contribution in [3.8, 4) is 11.1 Å². The number of benzene rings is 3. The first-order valence-electron chi connectivity index (χ1n) is 23.9. The van der Waals surface area contributed by atoms with Crippen LogP contribution in [0.15, 0.2) is 0 Å². The van der Waals surface area contributed by atoms with Crippen LogP contribution in [0.2, 0.25) is 0 Å². The molecule has 28 heteroatoms. The molecule has 0 aliphatic heterocycles. The molecular formula is C51H61F20NO7. The lowest BCUT2D eigenvalue weighted by Crippen LogP contribution is -2.36. The number of hydrogen-bond acceptors (Lipinski definition) is 7. The van der Waals surface area contributed by atoms with Crippen LogP contribution in [0.3, 0.4) is 0 Å². The first-order valence-corrected chi connectivity index (χ1v) is 23.9. The molecule has 6 atom stereocenters. The van der Waals surface area contributed by atoms with E-state index in [1.54, 1.807) is 39.9 Å². The number of halogens is 20. The molecule has 1 amide bonds. The topological polar surface area (TPSA) is 108 Å². The van der Waals surface area contributed by atoms with Gasteiger partial charge in [0.25, 0.3) is 0 Å². The smallest absolute Gasteiger partial charge is 0.425 e. The molecule has 3 aromatic rings. The highest BCUT2D eigenvalue weighted by Gasteiger charge is 2.42. The van der Waals surface area contributed by atoms with Gasteiger partial charge in [-0.05, 0) is 72.6 Å². The maximum absolute atomic E-state index is 14.2. The van der Waals surface area contributed by atoms with E-state index in [0.29, 0.717) is 25.9 Å². The van der Waals surface area contributed by atoms with Crippen LogP contribution >= 0.6 is 0 Å². The van der Waals surface area contributed by atoms with Crippen molar-refractivity contribution in [1.82, 2.24) is 0 Å². The van der Waals surface area contributed by atoms with Gasteiger partial charge in [-0.2, -0.15) is 26.3 Å². The van der Waals surface area contributed by atoms with Crippen LogP contribution in [-0.2, 0) is 33.4 Å². The largest absolute Gasteiger partial charge is 0.466 e. The minimum absolute atomic E-state index is 0.0601. The molecular weight excluding hydrogens is 1120 g/mol. The maximum atomic E-state index is 14.2. The van der Waals surface area contributed by atoms with Gasteiger partial charge >= 0.3 is 30.3 Å². The first-order chi connectivity index (χ1) is 36.0. The molecule has 0 fully saturated rings. The molecule has 0 saturated heterocycles. The number of hydrogen-bond donors (Lipinski definition) is 1. The van der Waals surface area contributed by atoms with E-state index in [9.17, 15) is 107 Å². The summed E-state index contributed by atoms with van der Waals surface area (Å²) >= 11 is 0. The van der Waals surface area contributed by atoms with Crippen LogP contribution in [0.4, 0.5) is 93.5 Å². The molecule has 79 heavy (non-hydrogen) atoms. The summed E-state index contributed by atoms with van der Waals surface area (Å²) in [4.78, 5) is 44.6. The van der Waals surface area contributed by atoms with Gasteiger partial charge in [-0.15, -0.1) is 0 Å². The Labute approximate surface area is 442 Å². The number of rotatable bonds is 15. The van der Waals surface area contributed by atoms with E-state index >= 15 is 0 Å². The highest BCUT2D eigenvalue weighted by molar-refractivity contribution is 5.93. The van der Waals surface area contributed by atoms with Crippen LogP contribution in [0.25, 0.3) is 11.1 Å². The maximum Gasteiger partial charge on any atom is 0.425 e. The molecule has 8 nitrogen and oxygen atoms in total. The number of carbonyl (C=O) groups is 4. The van der Waals surface area contributed by atoms with E-state index in [-0.39, 0.29) is 18.3 Å². The summed E-state index contributed by atoms with van der Waals surface area (Å²) in [5.41, 5.74) is -7.55. The van der Waals surface area contributed by atoms with Gasteiger partial charge in [-0.1, -0.05) is 62.3 Å². The molecule has 0 bridgehead atoms. The number of carbonyl (C=O) groups excluding carboxylic acids is 4. The molecule has 0 heterocycles. The number of nitrogens with one attached hydrogen (secondary N) is 1. The van der Waals surface area contributed by atoms with Gasteiger partial charge < -0.3 is 19.5 Å². The average Bonchev–Trinajstić information content (AvgIpc) is 3.39. The van der Waals surface area contributed by atoms with E-state index < -0.39 is 169 Å². The van der Waals surface area contributed by atoms with Crippen LogP contribution in [-0.4, -0.2) is 55.0 Å². The Morgan fingerprint density at radius 3 is 1.06 bits per heavy atom. The summed E-state index contributed by atoms with van der Waals surface area (Å²) in [7, 11) is 0. The second-order valence-corrected chi connectivity index (χ2v) is 17.9. The fourth-order valence-corrected chi connectivity index (χ4v) is 4.98. The Morgan fingerprint density at radius 1 is 0.430 bits per heavy atom. The lowest BCUT2D eigenvalue weighted by molar-refractivity contribution is -0.221. The number of esters is 3. The van der Waals surface area contributed by atoms with Crippen molar-refractivity contribution in [2.45, 2.75) is 160 Å². The van der Waals surface area contributed by atoms with Gasteiger partial charge in [0, 0.05) is 11.5 Å². The Kier molecular flexibility index (Phi) is 30.9. The SMILES string of the molecule is CCC(C)(C)C(=O)OC(C)C(F)(F)F.CCC(C)C(=O)Nc1c(F)c(F)c(-c2c(F)c(F)c(F)c(F)c2F)c(F)c1F.CCC(C)C(=O)OC(C)C(F)(F)F.CCC(C)c1c(F)c(F)c(F)c(F)c1F.CCOC(=O)C(C)CC.